The molecule has 0 aromatic heterocycles. The Kier molecular flexibility index (Phi) is 5.78. The van der Waals surface area contributed by atoms with E-state index in [9.17, 15) is 9.59 Å². The van der Waals surface area contributed by atoms with Gasteiger partial charge in [0.1, 0.15) is 11.4 Å². The Labute approximate surface area is 185 Å². The highest BCUT2D eigenvalue weighted by Gasteiger charge is 2.40. The van der Waals surface area contributed by atoms with Gasteiger partial charge in [-0.3, -0.25) is 9.59 Å². The second-order valence-electron chi connectivity index (χ2n) is 7.08. The molecule has 0 saturated heterocycles. The van der Waals surface area contributed by atoms with Crippen LogP contribution < -0.4 is 15.0 Å². The third-order valence-electron chi connectivity index (χ3n) is 4.98. The number of anilines is 2. The number of ether oxygens (including phenoxy) is 1. The maximum atomic E-state index is 13.5. The zero-order chi connectivity index (χ0) is 22.0. The lowest BCUT2D eigenvalue weighted by molar-refractivity contribution is -0.120. The van der Waals surface area contributed by atoms with Crippen LogP contribution in [-0.2, 0) is 9.59 Å². The van der Waals surface area contributed by atoms with Crippen molar-refractivity contribution in [2.75, 3.05) is 16.8 Å². The van der Waals surface area contributed by atoms with Crippen molar-refractivity contribution >= 4 is 40.4 Å². The summed E-state index contributed by atoms with van der Waals surface area (Å²) >= 11 is 6.07. The molecule has 1 heterocycles. The van der Waals surface area contributed by atoms with E-state index in [-0.39, 0.29) is 11.6 Å². The van der Waals surface area contributed by atoms with Crippen LogP contribution in [0, 0.1) is 6.92 Å². The molecule has 0 radical (unpaired) electrons. The highest BCUT2D eigenvalue weighted by atomic mass is 35.5. The predicted octanol–water partition coefficient (Wildman–Crippen LogP) is 5.44. The van der Waals surface area contributed by atoms with Gasteiger partial charge in [0.05, 0.1) is 17.9 Å². The number of hydrogen-bond acceptors (Lipinski definition) is 4. The number of imide groups is 1. The summed E-state index contributed by atoms with van der Waals surface area (Å²) in [5.41, 5.74) is 3.24. The van der Waals surface area contributed by atoms with Crippen molar-refractivity contribution < 1.29 is 14.3 Å². The van der Waals surface area contributed by atoms with Crippen LogP contribution in [0.3, 0.4) is 0 Å². The Bertz CT molecular complexity index is 1190. The van der Waals surface area contributed by atoms with E-state index >= 15 is 0 Å². The monoisotopic (exact) mass is 432 g/mol. The first-order valence-corrected chi connectivity index (χ1v) is 10.3. The third kappa shape index (κ3) is 4.05. The minimum atomic E-state index is -0.424. The first-order chi connectivity index (χ1) is 15.0. The Morgan fingerprint density at radius 1 is 0.935 bits per heavy atom. The largest absolute Gasteiger partial charge is 0.494 e. The molecule has 5 nitrogen and oxygen atoms in total. The number of nitrogens with zero attached hydrogens (tertiary/aromatic N) is 1. The van der Waals surface area contributed by atoms with Gasteiger partial charge >= 0.3 is 0 Å². The summed E-state index contributed by atoms with van der Waals surface area (Å²) < 4.78 is 5.55. The Morgan fingerprint density at radius 2 is 1.71 bits per heavy atom. The normalized spacial score (nSPS) is 13.7. The molecule has 6 heteroatoms. The molecule has 156 valence electrons. The average molecular weight is 433 g/mol. The SMILES string of the molecule is CCOc1cccc(N2C(=O)C(Nc3ccc(Cl)cc3C)=C(c3ccccc3)C2=O)c1. The van der Waals surface area contributed by atoms with E-state index in [1.54, 1.807) is 42.5 Å². The van der Waals surface area contributed by atoms with E-state index in [0.717, 1.165) is 5.56 Å². The zero-order valence-electron chi connectivity index (χ0n) is 17.2. The van der Waals surface area contributed by atoms with Crippen molar-refractivity contribution in [1.29, 1.82) is 0 Å². The molecule has 31 heavy (non-hydrogen) atoms. The molecular formula is C25H21ClN2O3. The van der Waals surface area contributed by atoms with E-state index in [1.165, 1.54) is 4.90 Å². The fourth-order valence-corrected chi connectivity index (χ4v) is 3.76. The Balaban J connectivity index is 1.80. The Hall–Kier alpha value is -3.57. The number of carbonyl (C=O) groups excluding carboxylic acids is 2. The van der Waals surface area contributed by atoms with Crippen LogP contribution in [0.15, 0.2) is 78.5 Å². The van der Waals surface area contributed by atoms with E-state index < -0.39 is 5.91 Å². The number of amides is 2. The average Bonchev–Trinajstić information content (AvgIpc) is 3.00. The second kappa shape index (κ2) is 8.66. The molecule has 0 saturated carbocycles. The van der Waals surface area contributed by atoms with Crippen LogP contribution in [0.5, 0.6) is 5.75 Å². The molecule has 1 N–H and O–H groups in total. The molecule has 0 spiro atoms. The number of benzene rings is 3. The predicted molar refractivity (Wildman–Crippen MR) is 123 cm³/mol. The van der Waals surface area contributed by atoms with Crippen LogP contribution >= 0.6 is 11.6 Å². The van der Waals surface area contributed by atoms with E-state index in [0.29, 0.717) is 39.9 Å². The molecule has 0 unspecified atom stereocenters. The minimum Gasteiger partial charge on any atom is -0.494 e. The number of halogens is 1. The highest BCUT2D eigenvalue weighted by molar-refractivity contribution is 6.46. The van der Waals surface area contributed by atoms with Gasteiger partial charge in [-0.25, -0.2) is 4.90 Å². The maximum absolute atomic E-state index is 13.5. The van der Waals surface area contributed by atoms with Gasteiger partial charge < -0.3 is 10.1 Å². The summed E-state index contributed by atoms with van der Waals surface area (Å²) in [6.07, 6.45) is 0. The quantitative estimate of drug-likeness (QED) is 0.526. The van der Waals surface area contributed by atoms with Gasteiger partial charge in [-0.15, -0.1) is 0 Å². The van der Waals surface area contributed by atoms with Crippen LogP contribution in [0.1, 0.15) is 18.1 Å². The topological polar surface area (TPSA) is 58.6 Å². The number of hydrogen-bond donors (Lipinski definition) is 1. The summed E-state index contributed by atoms with van der Waals surface area (Å²) in [6.45, 7) is 4.26. The van der Waals surface area contributed by atoms with Gasteiger partial charge in [-0.1, -0.05) is 48.0 Å². The van der Waals surface area contributed by atoms with E-state index in [2.05, 4.69) is 5.32 Å². The summed E-state index contributed by atoms with van der Waals surface area (Å²) in [5.74, 6) is -0.220. The molecule has 2 amide bonds. The van der Waals surface area contributed by atoms with Gasteiger partial charge in [0, 0.05) is 16.8 Å². The van der Waals surface area contributed by atoms with Crippen LogP contribution in [0.2, 0.25) is 5.02 Å². The molecular weight excluding hydrogens is 412 g/mol. The summed E-state index contributed by atoms with van der Waals surface area (Å²) in [6, 6.07) is 21.5. The highest BCUT2D eigenvalue weighted by Crippen LogP contribution is 2.35. The molecule has 3 aromatic carbocycles. The molecule has 0 aliphatic carbocycles. The minimum absolute atomic E-state index is 0.225. The van der Waals surface area contributed by atoms with Crippen LogP contribution in [0.4, 0.5) is 11.4 Å². The molecule has 0 bridgehead atoms. The van der Waals surface area contributed by atoms with Crippen molar-refractivity contribution in [1.82, 2.24) is 0 Å². The van der Waals surface area contributed by atoms with Crippen molar-refractivity contribution in [2.45, 2.75) is 13.8 Å². The van der Waals surface area contributed by atoms with Gasteiger partial charge in [0.25, 0.3) is 11.8 Å². The summed E-state index contributed by atoms with van der Waals surface area (Å²) in [4.78, 5) is 28.1. The van der Waals surface area contributed by atoms with Crippen molar-refractivity contribution in [3.05, 3.63) is 94.6 Å². The lowest BCUT2D eigenvalue weighted by atomic mass is 10.0. The fourth-order valence-electron chi connectivity index (χ4n) is 3.53. The van der Waals surface area contributed by atoms with Gasteiger partial charge in [-0.2, -0.15) is 0 Å². The molecule has 1 aliphatic heterocycles. The fraction of sp³-hybridized carbons (Fsp3) is 0.120. The maximum Gasteiger partial charge on any atom is 0.282 e. The Morgan fingerprint density at radius 3 is 2.42 bits per heavy atom. The number of carbonyl (C=O) groups is 2. The zero-order valence-corrected chi connectivity index (χ0v) is 17.9. The summed E-state index contributed by atoms with van der Waals surface area (Å²) in [7, 11) is 0. The first kappa shape index (κ1) is 20.7. The van der Waals surface area contributed by atoms with E-state index in [4.69, 9.17) is 16.3 Å². The van der Waals surface area contributed by atoms with Gasteiger partial charge in [0.2, 0.25) is 0 Å². The first-order valence-electron chi connectivity index (χ1n) is 9.94. The molecule has 0 fully saturated rings. The van der Waals surface area contributed by atoms with Gasteiger partial charge in [0.15, 0.2) is 0 Å². The second-order valence-corrected chi connectivity index (χ2v) is 7.51. The molecule has 4 rings (SSSR count). The van der Waals surface area contributed by atoms with Crippen LogP contribution in [0.25, 0.3) is 5.57 Å². The lowest BCUT2D eigenvalue weighted by Gasteiger charge is -2.17. The summed E-state index contributed by atoms with van der Waals surface area (Å²) in [5, 5.41) is 3.78. The van der Waals surface area contributed by atoms with Crippen molar-refractivity contribution in [3.63, 3.8) is 0 Å². The lowest BCUT2D eigenvalue weighted by Crippen LogP contribution is -2.32. The number of aryl methyl sites for hydroxylation is 1. The van der Waals surface area contributed by atoms with Crippen molar-refractivity contribution in [3.8, 4) is 5.75 Å². The van der Waals surface area contributed by atoms with Crippen molar-refractivity contribution in [2.24, 2.45) is 0 Å². The van der Waals surface area contributed by atoms with Crippen LogP contribution in [-0.4, -0.2) is 18.4 Å². The molecule has 1 aliphatic rings. The third-order valence-corrected chi connectivity index (χ3v) is 5.22. The van der Waals surface area contributed by atoms with E-state index in [1.807, 2.05) is 44.2 Å². The van der Waals surface area contributed by atoms with Gasteiger partial charge in [-0.05, 0) is 55.3 Å². The standard InChI is InChI=1S/C25H21ClN2O3/c1-3-31-20-11-7-10-19(15-20)28-24(29)22(17-8-5-4-6-9-17)23(25(28)30)27-21-13-12-18(26)14-16(21)2/h4-15,27H,3H2,1-2H3. The number of nitrogens with one attached hydrogen (secondary N) is 1. The molecule has 3 aromatic rings. The smallest absolute Gasteiger partial charge is 0.282 e. The number of rotatable bonds is 6. The molecule has 0 atom stereocenters.